The first kappa shape index (κ1) is 18.9. The van der Waals surface area contributed by atoms with Crippen LogP contribution in [0.2, 0.25) is 5.02 Å². The van der Waals surface area contributed by atoms with Gasteiger partial charge in [0.1, 0.15) is 11.5 Å². The molecule has 0 heterocycles. The van der Waals surface area contributed by atoms with Crippen molar-refractivity contribution in [3.63, 3.8) is 0 Å². The molecule has 0 atom stereocenters. The van der Waals surface area contributed by atoms with Gasteiger partial charge >= 0.3 is 33.1 Å². The molecular weight excluding hydrogens is 362 g/mol. The molecule has 17 heavy (non-hydrogen) atoms. The molecule has 11 heteroatoms. The zero-order chi connectivity index (χ0) is 14.1. The first-order chi connectivity index (χ1) is 7.61. The van der Waals surface area contributed by atoms with Gasteiger partial charge in [0.25, 0.3) is 0 Å². The number of phenols is 2. The molecule has 0 saturated carbocycles. The predicted molar refractivity (Wildman–Crippen MR) is 50.4 cm³/mol. The standard InChI is InChI=1S/C6H5ClO2.Mo.H3O4P.2O/c7-5-3-4(8)1-2-6(5)9;;1-5(2,3)4;;/h1-3,8-9H;;(H3,1,2,3,4);;. The average molecular weight is 370 g/mol. The van der Waals surface area contributed by atoms with Crippen LogP contribution in [0, 0.1) is 0 Å². The number of hydrogen-bond acceptors (Lipinski definition) is 5. The van der Waals surface area contributed by atoms with Gasteiger partial charge in [0.15, 0.2) is 0 Å². The quantitative estimate of drug-likeness (QED) is 0.253. The molecule has 0 bridgehead atoms. The van der Waals surface area contributed by atoms with Crippen molar-refractivity contribution in [1.29, 1.82) is 0 Å². The van der Waals surface area contributed by atoms with Gasteiger partial charge in [-0.2, -0.15) is 0 Å². The number of phosphoric acid groups is 1. The summed E-state index contributed by atoms with van der Waals surface area (Å²) in [5.74, 6) is 0.0345. The van der Waals surface area contributed by atoms with Crippen molar-refractivity contribution in [2.45, 2.75) is 0 Å². The SMILES string of the molecule is O=P(O)(O)O.Oc1ccc(O)c(Cl)c1.[O]=[Mo]=[O]. The van der Waals surface area contributed by atoms with Crippen molar-refractivity contribution >= 4 is 19.4 Å². The van der Waals surface area contributed by atoms with E-state index in [1.54, 1.807) is 0 Å². The van der Waals surface area contributed by atoms with E-state index in [1.807, 2.05) is 0 Å². The summed E-state index contributed by atoms with van der Waals surface area (Å²) >= 11 is 3.37. The van der Waals surface area contributed by atoms with Crippen LogP contribution in [0.5, 0.6) is 11.5 Å². The number of rotatable bonds is 0. The number of aromatic hydroxyl groups is 2. The summed E-state index contributed by atoms with van der Waals surface area (Å²) < 4.78 is 25.9. The summed E-state index contributed by atoms with van der Waals surface area (Å²) in [6.45, 7) is 0. The Labute approximate surface area is 109 Å². The maximum absolute atomic E-state index is 8.88. The fourth-order valence-electron chi connectivity index (χ4n) is 0.496. The van der Waals surface area contributed by atoms with Gasteiger partial charge in [0, 0.05) is 6.07 Å². The molecule has 0 radical (unpaired) electrons. The molecule has 0 saturated heterocycles. The number of hydrogen-bond donors (Lipinski definition) is 5. The summed E-state index contributed by atoms with van der Waals surface area (Å²) in [6.07, 6.45) is 0. The molecule has 98 valence electrons. The molecule has 1 aromatic carbocycles. The van der Waals surface area contributed by atoms with Gasteiger partial charge in [-0.25, -0.2) is 4.57 Å². The van der Waals surface area contributed by atoms with E-state index in [0.29, 0.717) is 0 Å². The average Bonchev–Trinajstić information content (AvgIpc) is 2.10. The van der Waals surface area contributed by atoms with E-state index < -0.39 is 26.3 Å². The molecule has 0 fully saturated rings. The van der Waals surface area contributed by atoms with Gasteiger partial charge in [-0.05, 0) is 12.1 Å². The molecule has 5 N–H and O–H groups in total. The summed E-state index contributed by atoms with van der Waals surface area (Å²) in [4.78, 5) is 21.6. The van der Waals surface area contributed by atoms with Gasteiger partial charge < -0.3 is 24.9 Å². The Balaban J connectivity index is 0. The fraction of sp³-hybridized carbons (Fsp3) is 0. The van der Waals surface area contributed by atoms with E-state index in [-0.39, 0.29) is 16.5 Å². The number of benzene rings is 1. The van der Waals surface area contributed by atoms with Crippen molar-refractivity contribution < 1.29 is 54.7 Å². The molecule has 0 aliphatic carbocycles. The van der Waals surface area contributed by atoms with Crippen LogP contribution in [0.4, 0.5) is 0 Å². The zero-order valence-corrected chi connectivity index (χ0v) is 11.6. The molecule has 1 aromatic rings. The Bertz CT molecular complexity index is 418. The Morgan fingerprint density at radius 1 is 1.12 bits per heavy atom. The Morgan fingerprint density at radius 2 is 1.47 bits per heavy atom. The second-order valence-electron chi connectivity index (χ2n) is 2.22. The van der Waals surface area contributed by atoms with Crippen LogP contribution >= 0.6 is 19.4 Å². The first-order valence-electron chi connectivity index (χ1n) is 3.49. The van der Waals surface area contributed by atoms with Gasteiger partial charge in [0.2, 0.25) is 0 Å². The minimum absolute atomic E-state index is 0.0190. The molecule has 0 unspecified atom stereocenters. The van der Waals surface area contributed by atoms with Gasteiger partial charge in [-0.3, -0.25) is 0 Å². The van der Waals surface area contributed by atoms with Crippen LogP contribution < -0.4 is 0 Å². The Morgan fingerprint density at radius 3 is 1.71 bits per heavy atom. The van der Waals surface area contributed by atoms with Gasteiger partial charge in [-0.15, -0.1) is 0 Å². The number of phenolic OH excluding ortho intramolecular Hbond substituents is 2. The monoisotopic (exact) mass is 372 g/mol. The van der Waals surface area contributed by atoms with E-state index in [0.717, 1.165) is 0 Å². The maximum atomic E-state index is 8.88. The molecule has 0 aliphatic rings. The third-order valence-corrected chi connectivity index (χ3v) is 1.23. The normalized spacial score (nSPS) is 9.18. The van der Waals surface area contributed by atoms with Crippen LogP contribution in [0.3, 0.4) is 0 Å². The van der Waals surface area contributed by atoms with Crippen LogP contribution in [0.15, 0.2) is 18.2 Å². The van der Waals surface area contributed by atoms with Crippen LogP contribution in [-0.4, -0.2) is 24.9 Å². The van der Waals surface area contributed by atoms with E-state index in [1.165, 1.54) is 18.2 Å². The van der Waals surface area contributed by atoms with E-state index in [2.05, 4.69) is 0 Å². The van der Waals surface area contributed by atoms with Gasteiger partial charge in [-0.1, -0.05) is 11.6 Å². The van der Waals surface area contributed by atoms with E-state index in [4.69, 9.17) is 47.9 Å². The van der Waals surface area contributed by atoms with Crippen LogP contribution in [0.1, 0.15) is 0 Å². The Kier molecular flexibility index (Phi) is 10.6. The fourth-order valence-corrected chi connectivity index (χ4v) is 0.671. The van der Waals surface area contributed by atoms with Crippen molar-refractivity contribution in [2.24, 2.45) is 0 Å². The molecule has 1 rings (SSSR count). The third-order valence-electron chi connectivity index (χ3n) is 0.931. The molecule has 8 nitrogen and oxygen atoms in total. The Hall–Kier alpha value is -0.492. The minimum atomic E-state index is -4.64. The summed E-state index contributed by atoms with van der Waals surface area (Å²) in [6, 6.07) is 3.97. The van der Waals surface area contributed by atoms with Gasteiger partial charge in [0.05, 0.1) is 5.02 Å². The molecule has 0 spiro atoms. The molecular formula is C6H8ClMoO8P. The third kappa shape index (κ3) is 18.1. The molecule has 0 amide bonds. The molecule has 0 aliphatic heterocycles. The van der Waals surface area contributed by atoms with Crippen molar-refractivity contribution in [1.82, 2.24) is 0 Å². The second kappa shape index (κ2) is 9.53. The van der Waals surface area contributed by atoms with Crippen LogP contribution in [0.25, 0.3) is 0 Å². The summed E-state index contributed by atoms with van der Waals surface area (Å²) in [7, 11) is -4.64. The van der Waals surface area contributed by atoms with Crippen molar-refractivity contribution in [3.8, 4) is 11.5 Å². The molecule has 0 aromatic heterocycles. The van der Waals surface area contributed by atoms with E-state index in [9.17, 15) is 0 Å². The first-order valence-corrected chi connectivity index (χ1v) is 7.07. The predicted octanol–water partition coefficient (Wildman–Crippen LogP) is 0.582. The zero-order valence-electron chi connectivity index (χ0n) is 7.93. The number of halogens is 1. The second-order valence-corrected chi connectivity index (χ2v) is 3.99. The summed E-state index contributed by atoms with van der Waals surface area (Å²) in [5, 5.41) is 17.7. The van der Waals surface area contributed by atoms with Crippen LogP contribution in [-0.2, 0) is 29.8 Å². The van der Waals surface area contributed by atoms with E-state index >= 15 is 0 Å². The topological polar surface area (TPSA) is 152 Å². The van der Waals surface area contributed by atoms with Crippen molar-refractivity contribution in [2.75, 3.05) is 0 Å². The summed E-state index contributed by atoms with van der Waals surface area (Å²) in [5.41, 5.74) is 0. The van der Waals surface area contributed by atoms with Crippen molar-refractivity contribution in [3.05, 3.63) is 23.2 Å².